The fourth-order valence-corrected chi connectivity index (χ4v) is 6.05. The van der Waals surface area contributed by atoms with Crippen LogP contribution in [-0.2, 0) is 14.8 Å². The number of nitrogens with one attached hydrogen (secondary N) is 1. The number of benzene rings is 1. The van der Waals surface area contributed by atoms with Crippen molar-refractivity contribution < 1.29 is 18.1 Å². The minimum Gasteiger partial charge on any atom is -0.379 e. The van der Waals surface area contributed by atoms with Gasteiger partial charge in [0, 0.05) is 45.2 Å². The lowest BCUT2D eigenvalue weighted by atomic mass is 9.94. The van der Waals surface area contributed by atoms with Gasteiger partial charge in [-0.15, -0.1) is 0 Å². The Bertz CT molecular complexity index is 888. The van der Waals surface area contributed by atoms with Crippen molar-refractivity contribution in [3.05, 3.63) is 28.3 Å². The van der Waals surface area contributed by atoms with Gasteiger partial charge < -0.3 is 10.2 Å². The molecule has 10 heteroatoms. The van der Waals surface area contributed by atoms with Gasteiger partial charge in [0.05, 0.1) is 9.82 Å². The largest absolute Gasteiger partial charge is 0.379 e. The molecule has 2 fully saturated rings. The van der Waals surface area contributed by atoms with Crippen LogP contribution in [0.3, 0.4) is 0 Å². The van der Waals surface area contributed by atoms with E-state index in [1.54, 1.807) is 4.90 Å². The first-order chi connectivity index (χ1) is 14.2. The number of hydrogen-bond acceptors (Lipinski definition) is 6. The fourth-order valence-electron chi connectivity index (χ4n) is 4.35. The van der Waals surface area contributed by atoms with Crippen LogP contribution >= 0.6 is 0 Å². The third-order valence-corrected chi connectivity index (χ3v) is 7.58. The van der Waals surface area contributed by atoms with Crippen LogP contribution in [0.5, 0.6) is 0 Å². The van der Waals surface area contributed by atoms with E-state index < -0.39 is 14.9 Å². The smallest absolute Gasteiger partial charge is 0.293 e. The quantitative estimate of drug-likeness (QED) is 0.517. The second kappa shape index (κ2) is 9.30. The monoisotopic (exact) mass is 438 g/mol. The zero-order valence-corrected chi connectivity index (χ0v) is 18.4. The summed E-state index contributed by atoms with van der Waals surface area (Å²) in [5.74, 6) is 0.510. The van der Waals surface area contributed by atoms with Crippen molar-refractivity contribution in [1.82, 2.24) is 9.21 Å². The average molecular weight is 439 g/mol. The number of piperidine rings is 1. The van der Waals surface area contributed by atoms with Crippen molar-refractivity contribution in [3.63, 3.8) is 0 Å². The first-order valence-electron chi connectivity index (χ1n) is 10.5. The Labute approximate surface area is 177 Å². The SMILES string of the molecule is C[C@@H]1C[C@H](C)CN(S(=O)(=O)c2ccc(NCCC(=O)N3CCCC3)c([N+](=O)[O-])c2)C1. The summed E-state index contributed by atoms with van der Waals surface area (Å²) in [6.45, 7) is 6.63. The van der Waals surface area contributed by atoms with E-state index in [0.29, 0.717) is 13.1 Å². The standard InChI is InChI=1S/C20H30N4O5S/c1-15-11-16(2)14-23(13-15)30(28,29)17-5-6-18(19(12-17)24(26)27)21-8-7-20(25)22-9-3-4-10-22/h5-6,12,15-16,21H,3-4,7-11,13-14H2,1-2H3/t15-,16+. The maximum Gasteiger partial charge on any atom is 0.293 e. The number of carbonyl (C=O) groups is 1. The molecule has 1 aromatic rings. The van der Waals surface area contributed by atoms with Crippen LogP contribution in [0.4, 0.5) is 11.4 Å². The number of nitrogens with zero attached hydrogens (tertiary/aromatic N) is 3. The molecule has 30 heavy (non-hydrogen) atoms. The molecule has 166 valence electrons. The van der Waals surface area contributed by atoms with E-state index in [-0.39, 0.29) is 47.0 Å². The van der Waals surface area contributed by atoms with Gasteiger partial charge in [-0.3, -0.25) is 14.9 Å². The lowest BCUT2D eigenvalue weighted by Gasteiger charge is -2.34. The summed E-state index contributed by atoms with van der Waals surface area (Å²) in [4.78, 5) is 24.8. The summed E-state index contributed by atoms with van der Waals surface area (Å²) >= 11 is 0. The van der Waals surface area contributed by atoms with E-state index in [1.165, 1.54) is 16.4 Å². The van der Waals surface area contributed by atoms with Gasteiger partial charge in [0.2, 0.25) is 15.9 Å². The summed E-state index contributed by atoms with van der Waals surface area (Å²) in [6, 6.07) is 3.93. The van der Waals surface area contributed by atoms with Crippen molar-refractivity contribution >= 4 is 27.3 Å². The summed E-state index contributed by atoms with van der Waals surface area (Å²) in [6.07, 6.45) is 3.22. The van der Waals surface area contributed by atoms with E-state index in [2.05, 4.69) is 5.32 Å². The topological polar surface area (TPSA) is 113 Å². The van der Waals surface area contributed by atoms with Gasteiger partial charge in [-0.25, -0.2) is 8.42 Å². The number of amides is 1. The minimum absolute atomic E-state index is 0.0233. The van der Waals surface area contributed by atoms with Crippen molar-refractivity contribution in [2.24, 2.45) is 11.8 Å². The highest BCUT2D eigenvalue weighted by molar-refractivity contribution is 7.89. The van der Waals surface area contributed by atoms with Gasteiger partial charge in [-0.2, -0.15) is 4.31 Å². The Balaban J connectivity index is 1.72. The van der Waals surface area contributed by atoms with Crippen LogP contribution in [0, 0.1) is 22.0 Å². The summed E-state index contributed by atoms with van der Waals surface area (Å²) < 4.78 is 27.5. The summed E-state index contributed by atoms with van der Waals surface area (Å²) in [7, 11) is -3.81. The molecule has 0 bridgehead atoms. The molecule has 0 unspecified atom stereocenters. The zero-order valence-electron chi connectivity index (χ0n) is 17.5. The van der Waals surface area contributed by atoms with Crippen LogP contribution in [0.2, 0.25) is 0 Å². The molecule has 0 aromatic heterocycles. The molecule has 0 saturated carbocycles. The highest BCUT2D eigenvalue weighted by Gasteiger charge is 2.33. The molecule has 2 aliphatic heterocycles. The Morgan fingerprint density at radius 1 is 1.20 bits per heavy atom. The Morgan fingerprint density at radius 2 is 1.83 bits per heavy atom. The van der Waals surface area contributed by atoms with Gasteiger partial charge in [0.25, 0.3) is 5.69 Å². The second-order valence-electron chi connectivity index (χ2n) is 8.47. The van der Waals surface area contributed by atoms with Crippen molar-refractivity contribution in [3.8, 4) is 0 Å². The maximum absolute atomic E-state index is 13.0. The predicted molar refractivity (Wildman–Crippen MR) is 114 cm³/mol. The first kappa shape index (κ1) is 22.5. The maximum atomic E-state index is 13.0. The van der Waals surface area contributed by atoms with E-state index in [4.69, 9.17) is 0 Å². The lowest BCUT2D eigenvalue weighted by Crippen LogP contribution is -2.42. The summed E-state index contributed by atoms with van der Waals surface area (Å²) in [5.41, 5.74) is -0.0867. The average Bonchev–Trinajstić information content (AvgIpc) is 3.22. The second-order valence-corrected chi connectivity index (χ2v) is 10.4. The number of nitro benzene ring substituents is 1. The van der Waals surface area contributed by atoms with Crippen molar-refractivity contribution in [2.45, 2.75) is 44.4 Å². The molecule has 2 atom stereocenters. The third kappa shape index (κ3) is 5.10. The Hall–Kier alpha value is -2.20. The highest BCUT2D eigenvalue weighted by atomic mass is 32.2. The van der Waals surface area contributed by atoms with Crippen molar-refractivity contribution in [2.75, 3.05) is 38.0 Å². The number of carbonyl (C=O) groups excluding carboxylic acids is 1. The van der Waals surface area contributed by atoms with Crippen LogP contribution in [0.25, 0.3) is 0 Å². The number of rotatable bonds is 7. The molecule has 1 amide bonds. The Morgan fingerprint density at radius 3 is 2.43 bits per heavy atom. The molecule has 0 radical (unpaired) electrons. The summed E-state index contributed by atoms with van der Waals surface area (Å²) in [5, 5.41) is 14.5. The van der Waals surface area contributed by atoms with E-state index in [9.17, 15) is 23.3 Å². The fraction of sp³-hybridized carbons (Fsp3) is 0.650. The van der Waals surface area contributed by atoms with Gasteiger partial charge in [0.15, 0.2) is 0 Å². The molecule has 2 heterocycles. The minimum atomic E-state index is -3.81. The van der Waals surface area contributed by atoms with E-state index in [0.717, 1.165) is 38.4 Å². The first-order valence-corrected chi connectivity index (χ1v) is 11.9. The van der Waals surface area contributed by atoms with E-state index >= 15 is 0 Å². The third-order valence-electron chi connectivity index (χ3n) is 5.75. The zero-order chi connectivity index (χ0) is 21.9. The van der Waals surface area contributed by atoms with Crippen molar-refractivity contribution in [1.29, 1.82) is 0 Å². The number of sulfonamides is 1. The van der Waals surface area contributed by atoms with Crippen LogP contribution in [0.1, 0.15) is 39.5 Å². The van der Waals surface area contributed by atoms with E-state index in [1.807, 2.05) is 13.8 Å². The van der Waals surface area contributed by atoms with Gasteiger partial charge in [-0.1, -0.05) is 13.8 Å². The molecule has 2 aliphatic rings. The van der Waals surface area contributed by atoms with Crippen LogP contribution in [0.15, 0.2) is 23.1 Å². The van der Waals surface area contributed by atoms with Crippen LogP contribution in [-0.4, -0.2) is 61.2 Å². The van der Waals surface area contributed by atoms with Gasteiger partial charge in [-0.05, 0) is 43.2 Å². The number of likely N-dealkylation sites (tertiary alicyclic amines) is 1. The van der Waals surface area contributed by atoms with Gasteiger partial charge >= 0.3 is 0 Å². The molecule has 0 aliphatic carbocycles. The molecule has 9 nitrogen and oxygen atoms in total. The number of nitro groups is 1. The Kier molecular flexibility index (Phi) is 6.97. The number of anilines is 1. The molecular weight excluding hydrogens is 408 g/mol. The highest BCUT2D eigenvalue weighted by Crippen LogP contribution is 2.31. The molecule has 2 saturated heterocycles. The molecule has 1 aromatic carbocycles. The van der Waals surface area contributed by atoms with Crippen LogP contribution < -0.4 is 5.32 Å². The predicted octanol–water partition coefficient (Wildman–Crippen LogP) is 2.69. The molecule has 1 N–H and O–H groups in total. The molecule has 3 rings (SSSR count). The van der Waals surface area contributed by atoms with Gasteiger partial charge in [0.1, 0.15) is 5.69 Å². The normalized spacial score (nSPS) is 22.8. The molecule has 0 spiro atoms. The molecular formula is C20H30N4O5S. The lowest BCUT2D eigenvalue weighted by molar-refractivity contribution is -0.384. The number of hydrogen-bond donors (Lipinski definition) is 1.